The summed E-state index contributed by atoms with van der Waals surface area (Å²) in [7, 11) is 0. The van der Waals surface area contributed by atoms with Crippen LogP contribution in [0.2, 0.25) is 0 Å². The van der Waals surface area contributed by atoms with Crippen molar-refractivity contribution in [2.24, 2.45) is 5.73 Å². The standard InChI is InChI=1S/C24H31N7O6/c1-12(25)21(33)29-18(8-15-10-26-11-28-15)22(34)31-20(13(2)32)23(35)30-19(24(36)37)7-14-9-27-17-6-4-3-5-16(14)17/h3-6,9-13,18-20,27,32H,7-8,25H2,1-2H3,(H,26,28)(H,29,33)(H,30,35)(H,31,34)(H,36,37). The molecule has 2 aromatic heterocycles. The Morgan fingerprint density at radius 3 is 2.30 bits per heavy atom. The number of imidazole rings is 1. The highest BCUT2D eigenvalue weighted by Gasteiger charge is 2.33. The van der Waals surface area contributed by atoms with Gasteiger partial charge in [-0.1, -0.05) is 18.2 Å². The fraction of sp³-hybridized carbons (Fsp3) is 0.375. The lowest BCUT2D eigenvalue weighted by Gasteiger charge is -2.26. The molecule has 0 spiro atoms. The number of aromatic amines is 2. The number of carboxylic acid groups (broad SMARTS) is 1. The highest BCUT2D eigenvalue weighted by atomic mass is 16.4. The van der Waals surface area contributed by atoms with Crippen molar-refractivity contribution >= 4 is 34.6 Å². The summed E-state index contributed by atoms with van der Waals surface area (Å²) in [4.78, 5) is 59.9. The Bertz CT molecular complexity index is 1240. The Morgan fingerprint density at radius 2 is 1.68 bits per heavy atom. The van der Waals surface area contributed by atoms with Crippen molar-refractivity contribution < 1.29 is 29.4 Å². The molecule has 0 aliphatic heterocycles. The van der Waals surface area contributed by atoms with Crippen LogP contribution in [-0.2, 0) is 32.0 Å². The van der Waals surface area contributed by atoms with Gasteiger partial charge >= 0.3 is 5.97 Å². The monoisotopic (exact) mass is 513 g/mol. The maximum atomic E-state index is 13.1. The predicted octanol–water partition coefficient (Wildman–Crippen LogP) is -1.06. The number of H-pyrrole nitrogens is 2. The van der Waals surface area contributed by atoms with E-state index in [0.717, 1.165) is 10.9 Å². The predicted molar refractivity (Wildman–Crippen MR) is 133 cm³/mol. The molecule has 0 fully saturated rings. The molecule has 0 bridgehead atoms. The lowest BCUT2D eigenvalue weighted by atomic mass is 10.0. The van der Waals surface area contributed by atoms with Gasteiger partial charge in [-0.15, -0.1) is 0 Å². The summed E-state index contributed by atoms with van der Waals surface area (Å²) in [6, 6.07) is 2.47. The third-order valence-corrected chi connectivity index (χ3v) is 5.80. The van der Waals surface area contributed by atoms with E-state index in [1.165, 1.54) is 26.4 Å². The Balaban J connectivity index is 1.74. The number of nitrogens with zero attached hydrogens (tertiary/aromatic N) is 1. The molecule has 0 radical (unpaired) electrons. The van der Waals surface area contributed by atoms with Gasteiger partial charge in [0.1, 0.15) is 18.1 Å². The molecule has 3 rings (SSSR count). The van der Waals surface area contributed by atoms with Gasteiger partial charge in [-0.25, -0.2) is 9.78 Å². The zero-order valence-corrected chi connectivity index (χ0v) is 20.4. The van der Waals surface area contributed by atoms with Crippen molar-refractivity contribution in [1.82, 2.24) is 30.9 Å². The summed E-state index contributed by atoms with van der Waals surface area (Å²) in [6.07, 6.45) is 3.16. The van der Waals surface area contributed by atoms with Crippen LogP contribution in [0.5, 0.6) is 0 Å². The summed E-state index contributed by atoms with van der Waals surface area (Å²) in [5, 5.41) is 28.1. The molecule has 2 heterocycles. The molecule has 3 aromatic rings. The van der Waals surface area contributed by atoms with Crippen LogP contribution in [0.1, 0.15) is 25.1 Å². The van der Waals surface area contributed by atoms with Gasteiger partial charge in [0.25, 0.3) is 0 Å². The van der Waals surface area contributed by atoms with E-state index in [1.54, 1.807) is 6.20 Å². The number of carbonyl (C=O) groups excluding carboxylic acids is 3. The summed E-state index contributed by atoms with van der Waals surface area (Å²) < 4.78 is 0. The minimum Gasteiger partial charge on any atom is -0.480 e. The maximum Gasteiger partial charge on any atom is 0.326 e. The van der Waals surface area contributed by atoms with E-state index < -0.39 is 54.0 Å². The molecule has 3 amide bonds. The fourth-order valence-electron chi connectivity index (χ4n) is 3.77. The molecule has 13 heteroatoms. The molecule has 0 saturated carbocycles. The number of para-hydroxylation sites is 1. The van der Waals surface area contributed by atoms with E-state index in [1.807, 2.05) is 24.3 Å². The van der Waals surface area contributed by atoms with Crippen LogP contribution in [0.15, 0.2) is 43.0 Å². The Morgan fingerprint density at radius 1 is 0.973 bits per heavy atom. The van der Waals surface area contributed by atoms with Crippen LogP contribution in [-0.4, -0.2) is 79.1 Å². The number of aliphatic hydroxyl groups excluding tert-OH is 1. The minimum absolute atomic E-state index is 0.0107. The fourth-order valence-corrected chi connectivity index (χ4v) is 3.77. The van der Waals surface area contributed by atoms with E-state index in [-0.39, 0.29) is 12.8 Å². The number of nitrogens with two attached hydrogens (primary N) is 1. The first-order valence-corrected chi connectivity index (χ1v) is 11.7. The Kier molecular flexibility index (Phi) is 8.98. The minimum atomic E-state index is -1.49. The average molecular weight is 514 g/mol. The first-order chi connectivity index (χ1) is 17.6. The van der Waals surface area contributed by atoms with Crippen LogP contribution in [0.25, 0.3) is 10.9 Å². The van der Waals surface area contributed by atoms with Crippen molar-refractivity contribution in [3.8, 4) is 0 Å². The van der Waals surface area contributed by atoms with Crippen molar-refractivity contribution in [2.75, 3.05) is 0 Å². The molecule has 9 N–H and O–H groups in total. The lowest BCUT2D eigenvalue weighted by Crippen LogP contribution is -2.60. The Hall–Kier alpha value is -4.23. The molecule has 0 saturated heterocycles. The van der Waals surface area contributed by atoms with Gasteiger partial charge in [0.05, 0.1) is 18.5 Å². The first-order valence-electron chi connectivity index (χ1n) is 11.7. The smallest absolute Gasteiger partial charge is 0.326 e. The van der Waals surface area contributed by atoms with Gasteiger partial charge in [0, 0.05) is 41.8 Å². The van der Waals surface area contributed by atoms with E-state index in [4.69, 9.17) is 5.73 Å². The number of amides is 3. The van der Waals surface area contributed by atoms with Crippen molar-refractivity contribution in [3.63, 3.8) is 0 Å². The zero-order chi connectivity index (χ0) is 27.1. The second-order valence-corrected chi connectivity index (χ2v) is 8.82. The van der Waals surface area contributed by atoms with Crippen LogP contribution < -0.4 is 21.7 Å². The molecule has 1 aromatic carbocycles. The van der Waals surface area contributed by atoms with Crippen LogP contribution in [0, 0.1) is 0 Å². The molecule has 5 atom stereocenters. The summed E-state index contributed by atoms with van der Waals surface area (Å²) in [5.41, 5.74) is 7.64. The molecule has 198 valence electrons. The highest BCUT2D eigenvalue weighted by Crippen LogP contribution is 2.19. The van der Waals surface area contributed by atoms with E-state index >= 15 is 0 Å². The molecule has 0 aliphatic rings. The van der Waals surface area contributed by atoms with E-state index in [9.17, 15) is 29.4 Å². The molecule has 0 aliphatic carbocycles. The average Bonchev–Trinajstić information content (AvgIpc) is 3.51. The lowest BCUT2D eigenvalue weighted by molar-refractivity contribution is -0.143. The first kappa shape index (κ1) is 27.4. The van der Waals surface area contributed by atoms with Crippen LogP contribution >= 0.6 is 0 Å². The second kappa shape index (κ2) is 12.1. The number of aliphatic carboxylic acids is 1. The number of hydrogen-bond donors (Lipinski definition) is 8. The van der Waals surface area contributed by atoms with E-state index in [0.29, 0.717) is 11.3 Å². The van der Waals surface area contributed by atoms with Gasteiger partial charge in [0.15, 0.2) is 0 Å². The quantitative estimate of drug-likeness (QED) is 0.149. The van der Waals surface area contributed by atoms with Gasteiger partial charge < -0.3 is 41.9 Å². The Labute approximate surface area is 212 Å². The number of nitrogens with one attached hydrogen (secondary N) is 5. The molecule has 13 nitrogen and oxygen atoms in total. The number of rotatable bonds is 12. The van der Waals surface area contributed by atoms with Crippen molar-refractivity contribution in [3.05, 3.63) is 54.2 Å². The van der Waals surface area contributed by atoms with Gasteiger partial charge in [-0.3, -0.25) is 14.4 Å². The van der Waals surface area contributed by atoms with Gasteiger partial charge in [-0.2, -0.15) is 0 Å². The van der Waals surface area contributed by atoms with Gasteiger partial charge in [-0.05, 0) is 25.5 Å². The molecule has 5 unspecified atom stereocenters. The third kappa shape index (κ3) is 7.15. The molecular weight excluding hydrogens is 482 g/mol. The zero-order valence-electron chi connectivity index (χ0n) is 20.4. The summed E-state index contributed by atoms with van der Waals surface area (Å²) in [6.45, 7) is 2.73. The second-order valence-electron chi connectivity index (χ2n) is 8.82. The highest BCUT2D eigenvalue weighted by molar-refractivity contribution is 5.94. The van der Waals surface area contributed by atoms with Crippen molar-refractivity contribution in [2.45, 2.75) is 57.0 Å². The van der Waals surface area contributed by atoms with Crippen LogP contribution in [0.3, 0.4) is 0 Å². The van der Waals surface area contributed by atoms with Crippen molar-refractivity contribution in [1.29, 1.82) is 0 Å². The number of aromatic nitrogens is 3. The number of carboxylic acids is 1. The number of fused-ring (bicyclic) bond motifs is 1. The number of aliphatic hydroxyl groups is 1. The third-order valence-electron chi connectivity index (χ3n) is 5.80. The topological polar surface area (TPSA) is 215 Å². The number of benzene rings is 1. The van der Waals surface area contributed by atoms with E-state index in [2.05, 4.69) is 30.9 Å². The molecular formula is C24H31N7O6. The normalized spacial score (nSPS) is 15.2. The molecule has 37 heavy (non-hydrogen) atoms. The number of carbonyl (C=O) groups is 4. The SMILES string of the molecule is CC(N)C(=O)NC(Cc1cnc[nH]1)C(=O)NC(C(=O)NC(Cc1c[nH]c2ccccc12)C(=O)O)C(C)O. The summed E-state index contributed by atoms with van der Waals surface area (Å²) in [5.74, 6) is -3.54. The number of hydrogen-bond acceptors (Lipinski definition) is 7. The summed E-state index contributed by atoms with van der Waals surface area (Å²) >= 11 is 0. The van der Waals surface area contributed by atoms with Gasteiger partial charge in [0.2, 0.25) is 17.7 Å². The van der Waals surface area contributed by atoms with Crippen LogP contribution in [0.4, 0.5) is 0 Å². The maximum absolute atomic E-state index is 13.1. The largest absolute Gasteiger partial charge is 0.480 e.